The predicted molar refractivity (Wildman–Crippen MR) is 61.0 cm³/mol. The van der Waals surface area contributed by atoms with E-state index in [-0.39, 0.29) is 0 Å². The van der Waals surface area contributed by atoms with Crippen LogP contribution in [0.1, 0.15) is 6.92 Å². The van der Waals surface area contributed by atoms with Crippen LogP contribution in [-0.2, 0) is 9.53 Å². The molecular weight excluding hydrogens is 214 g/mol. The molecule has 0 atom stereocenters. The molecule has 0 radical (unpaired) electrons. The summed E-state index contributed by atoms with van der Waals surface area (Å²) in [6.07, 6.45) is 1.90. The molecule has 1 aromatic carbocycles. The van der Waals surface area contributed by atoms with E-state index >= 15 is 0 Å². The minimum absolute atomic E-state index is 0.431. The Morgan fingerprint density at radius 2 is 2.27 bits per heavy atom. The molecule has 1 heterocycles. The van der Waals surface area contributed by atoms with Crippen molar-refractivity contribution in [3.05, 3.63) is 35.5 Å². The number of hydrogen-bond acceptors (Lipinski definition) is 2. The van der Waals surface area contributed by atoms with Gasteiger partial charge >= 0.3 is 0 Å². The normalized spacial score (nSPS) is 9.20. The zero-order valence-electron chi connectivity index (χ0n) is 8.37. The fourth-order valence-corrected chi connectivity index (χ4v) is 1.26. The van der Waals surface area contributed by atoms with E-state index in [1.165, 1.54) is 5.39 Å². The fourth-order valence-electron chi connectivity index (χ4n) is 1.09. The van der Waals surface area contributed by atoms with E-state index in [4.69, 9.17) is 11.6 Å². The highest BCUT2D eigenvalue weighted by Crippen LogP contribution is 2.16. The van der Waals surface area contributed by atoms with Crippen molar-refractivity contribution in [2.24, 2.45) is 0 Å². The van der Waals surface area contributed by atoms with Gasteiger partial charge in [0, 0.05) is 16.7 Å². The van der Waals surface area contributed by atoms with Crippen LogP contribution in [0.3, 0.4) is 0 Å². The maximum atomic E-state index is 9.18. The molecule has 0 saturated heterocycles. The molecule has 0 fully saturated rings. The van der Waals surface area contributed by atoms with Gasteiger partial charge in [-0.15, -0.1) is 0 Å². The average molecular weight is 226 g/mol. The molecule has 2 rings (SSSR count). The van der Waals surface area contributed by atoms with Crippen molar-refractivity contribution >= 4 is 29.0 Å². The van der Waals surface area contributed by atoms with Crippen LogP contribution in [0, 0.1) is 0 Å². The molecule has 0 aliphatic heterocycles. The lowest BCUT2D eigenvalue weighted by Gasteiger charge is -1.88. The number of nitrogens with one attached hydrogen (secondary N) is 1. The maximum absolute atomic E-state index is 9.18. The van der Waals surface area contributed by atoms with Gasteiger partial charge in [0.05, 0.1) is 6.61 Å². The molecule has 80 valence electrons. The zero-order valence-corrected chi connectivity index (χ0v) is 9.12. The van der Waals surface area contributed by atoms with E-state index in [1.807, 2.05) is 30.5 Å². The van der Waals surface area contributed by atoms with E-state index in [1.54, 1.807) is 6.92 Å². The molecule has 15 heavy (non-hydrogen) atoms. The second-order valence-corrected chi connectivity index (χ2v) is 3.20. The van der Waals surface area contributed by atoms with Gasteiger partial charge in [-0.1, -0.05) is 17.7 Å². The summed E-state index contributed by atoms with van der Waals surface area (Å²) in [6, 6.07) is 7.81. The molecule has 0 bridgehead atoms. The lowest BCUT2D eigenvalue weighted by Crippen LogP contribution is -1.80. The van der Waals surface area contributed by atoms with Crippen LogP contribution in [0.25, 0.3) is 10.9 Å². The summed E-state index contributed by atoms with van der Waals surface area (Å²) in [5.41, 5.74) is 1.09. The number of carbonyl (C=O) groups is 1. The Labute approximate surface area is 93.0 Å². The molecule has 0 amide bonds. The first-order valence-electron chi connectivity index (χ1n) is 4.55. The standard InChI is InChI=1S/C8H6ClN.C3H6O2/c9-7-2-1-6-3-4-10-8(6)5-7;1-2-5-3-4/h1-5,10H;3H,2H2,1H3. The minimum atomic E-state index is 0.431. The molecule has 0 aliphatic carbocycles. The van der Waals surface area contributed by atoms with Crippen LogP contribution in [0.4, 0.5) is 0 Å². The fraction of sp³-hybridized carbons (Fsp3) is 0.182. The van der Waals surface area contributed by atoms with Crippen LogP contribution in [0.15, 0.2) is 30.5 Å². The predicted octanol–water partition coefficient (Wildman–Crippen LogP) is 3.00. The Balaban J connectivity index is 0.000000195. The van der Waals surface area contributed by atoms with Crippen LogP contribution in [0.5, 0.6) is 0 Å². The van der Waals surface area contributed by atoms with E-state index in [0.29, 0.717) is 13.1 Å². The molecule has 0 spiro atoms. The summed E-state index contributed by atoms with van der Waals surface area (Å²) in [4.78, 5) is 12.3. The van der Waals surface area contributed by atoms with Crippen molar-refractivity contribution in [2.75, 3.05) is 6.61 Å². The third kappa shape index (κ3) is 3.64. The summed E-state index contributed by atoms with van der Waals surface area (Å²) in [5, 5.41) is 1.97. The first kappa shape index (κ1) is 11.6. The van der Waals surface area contributed by atoms with Gasteiger partial charge in [-0.25, -0.2) is 0 Å². The topological polar surface area (TPSA) is 42.1 Å². The van der Waals surface area contributed by atoms with Crippen LogP contribution < -0.4 is 0 Å². The van der Waals surface area contributed by atoms with Gasteiger partial charge in [0.15, 0.2) is 0 Å². The van der Waals surface area contributed by atoms with Gasteiger partial charge < -0.3 is 9.72 Å². The molecule has 2 aromatic rings. The van der Waals surface area contributed by atoms with Crippen LogP contribution in [-0.4, -0.2) is 18.1 Å². The molecule has 0 saturated carbocycles. The van der Waals surface area contributed by atoms with Crippen LogP contribution in [0.2, 0.25) is 5.02 Å². The smallest absolute Gasteiger partial charge is 0.293 e. The summed E-state index contributed by atoms with van der Waals surface area (Å²) < 4.78 is 4.15. The third-order valence-corrected chi connectivity index (χ3v) is 1.99. The van der Waals surface area contributed by atoms with Crippen molar-refractivity contribution in [1.82, 2.24) is 4.98 Å². The van der Waals surface area contributed by atoms with Gasteiger partial charge in [0.1, 0.15) is 0 Å². The molecule has 3 nitrogen and oxygen atoms in total. The van der Waals surface area contributed by atoms with Crippen LogP contribution >= 0.6 is 11.6 Å². The second-order valence-electron chi connectivity index (χ2n) is 2.76. The van der Waals surface area contributed by atoms with Crippen molar-refractivity contribution < 1.29 is 9.53 Å². The SMILES string of the molecule is CCOC=O.Clc1ccc2cc[nH]c2c1. The highest BCUT2D eigenvalue weighted by atomic mass is 35.5. The highest BCUT2D eigenvalue weighted by molar-refractivity contribution is 6.31. The maximum Gasteiger partial charge on any atom is 0.293 e. The number of halogens is 1. The van der Waals surface area contributed by atoms with Crippen molar-refractivity contribution in [1.29, 1.82) is 0 Å². The lowest BCUT2D eigenvalue weighted by molar-refractivity contribution is -0.128. The Bertz CT molecular complexity index is 425. The third-order valence-electron chi connectivity index (χ3n) is 1.75. The van der Waals surface area contributed by atoms with Crippen molar-refractivity contribution in [3.8, 4) is 0 Å². The average Bonchev–Trinajstić information content (AvgIpc) is 2.67. The number of hydrogen-bond donors (Lipinski definition) is 1. The second kappa shape index (κ2) is 6.09. The van der Waals surface area contributed by atoms with E-state index in [9.17, 15) is 4.79 Å². The summed E-state index contributed by atoms with van der Waals surface area (Å²) in [7, 11) is 0. The highest BCUT2D eigenvalue weighted by Gasteiger charge is 1.92. The quantitative estimate of drug-likeness (QED) is 0.799. The minimum Gasteiger partial charge on any atom is -0.468 e. The number of fused-ring (bicyclic) bond motifs is 1. The Kier molecular flexibility index (Phi) is 4.71. The van der Waals surface area contributed by atoms with E-state index in [2.05, 4.69) is 9.72 Å². The molecule has 0 aliphatic rings. The van der Waals surface area contributed by atoms with Gasteiger partial charge in [-0.2, -0.15) is 0 Å². The number of benzene rings is 1. The number of rotatable bonds is 2. The first-order chi connectivity index (χ1) is 7.27. The molecule has 1 N–H and O–H groups in total. The van der Waals surface area contributed by atoms with Crippen molar-refractivity contribution in [2.45, 2.75) is 6.92 Å². The summed E-state index contributed by atoms with van der Waals surface area (Å²) in [6.45, 7) is 2.66. The monoisotopic (exact) mass is 225 g/mol. The number of H-pyrrole nitrogens is 1. The number of ether oxygens (including phenoxy) is 1. The van der Waals surface area contributed by atoms with Gasteiger partial charge in [0.25, 0.3) is 6.47 Å². The van der Waals surface area contributed by atoms with Gasteiger partial charge in [-0.05, 0) is 30.5 Å². The number of aromatic amines is 1. The number of carbonyl (C=O) groups excluding carboxylic acids is 1. The first-order valence-corrected chi connectivity index (χ1v) is 4.93. The van der Waals surface area contributed by atoms with Gasteiger partial charge in [-0.3, -0.25) is 4.79 Å². The van der Waals surface area contributed by atoms with Crippen molar-refractivity contribution in [3.63, 3.8) is 0 Å². The molecule has 0 unspecified atom stereocenters. The lowest BCUT2D eigenvalue weighted by atomic mass is 10.2. The largest absolute Gasteiger partial charge is 0.468 e. The van der Waals surface area contributed by atoms with E-state index in [0.717, 1.165) is 10.5 Å². The Morgan fingerprint density at radius 1 is 1.47 bits per heavy atom. The summed E-state index contributed by atoms with van der Waals surface area (Å²) in [5.74, 6) is 0. The molecule has 1 aromatic heterocycles. The Hall–Kier alpha value is -1.48. The van der Waals surface area contributed by atoms with Gasteiger partial charge in [0.2, 0.25) is 0 Å². The Morgan fingerprint density at radius 3 is 2.87 bits per heavy atom. The van der Waals surface area contributed by atoms with E-state index < -0.39 is 0 Å². The number of aromatic nitrogens is 1. The zero-order chi connectivity index (χ0) is 11.1. The molecule has 4 heteroatoms. The summed E-state index contributed by atoms with van der Waals surface area (Å²) >= 11 is 5.76. The molecular formula is C11H12ClNO2.